The summed E-state index contributed by atoms with van der Waals surface area (Å²) in [6.07, 6.45) is 1.92. The summed E-state index contributed by atoms with van der Waals surface area (Å²) in [6, 6.07) is 11.7. The number of nitrogens with one attached hydrogen (secondary N) is 3. The molecule has 3 N–H and O–H groups in total. The lowest BCUT2D eigenvalue weighted by Crippen LogP contribution is -2.28. The fourth-order valence-electron chi connectivity index (χ4n) is 2.98. The zero-order valence-corrected chi connectivity index (χ0v) is 15.8. The minimum atomic E-state index is 0. The number of benzene rings is 1. The first-order valence-electron chi connectivity index (χ1n) is 8.94. The first-order valence-corrected chi connectivity index (χ1v) is 9.32. The summed E-state index contributed by atoms with van der Waals surface area (Å²) < 4.78 is 5.44. The van der Waals surface area contributed by atoms with Crippen LogP contribution in [-0.4, -0.2) is 39.4 Å². The lowest BCUT2D eigenvalue weighted by atomic mass is 10.1. The van der Waals surface area contributed by atoms with E-state index in [-0.39, 0.29) is 1.43 Å². The van der Waals surface area contributed by atoms with Crippen LogP contribution in [0.3, 0.4) is 0 Å². The maximum Gasteiger partial charge on any atom is 0.163 e. The number of hydrogen-bond donors (Lipinski definition) is 3. The number of aryl methyl sites for hydroxylation is 1. The molecule has 0 spiro atoms. The zero-order chi connectivity index (χ0) is 18.6. The Hall–Kier alpha value is -2.64. The average molecular weight is 387 g/mol. The van der Waals surface area contributed by atoms with Crippen LogP contribution < -0.4 is 10.6 Å². The fraction of sp³-hybridized carbons (Fsp3) is 0.316. The number of halogens is 1. The van der Waals surface area contributed by atoms with Gasteiger partial charge in [-0.2, -0.15) is 5.10 Å². The third kappa shape index (κ3) is 4.56. The molecule has 0 radical (unpaired) electrons. The van der Waals surface area contributed by atoms with E-state index in [2.05, 4.69) is 25.8 Å². The van der Waals surface area contributed by atoms with E-state index in [1.54, 1.807) is 0 Å². The number of nitrogens with zero attached hydrogens (tertiary/aromatic N) is 3. The number of hydrogen-bond acceptors (Lipinski definition) is 6. The number of aromatic amines is 1. The molecule has 0 atom stereocenters. The monoisotopic (exact) mass is 386 g/mol. The quantitative estimate of drug-likeness (QED) is 0.602. The van der Waals surface area contributed by atoms with Crippen molar-refractivity contribution in [2.45, 2.75) is 25.8 Å². The molecular formula is C19H23ClN6O. The topological polar surface area (TPSA) is 87.8 Å². The molecular weight excluding hydrogens is 364 g/mol. The highest BCUT2D eigenvalue weighted by Gasteiger charge is 2.16. The third-order valence-electron chi connectivity index (χ3n) is 4.36. The van der Waals surface area contributed by atoms with Crippen molar-refractivity contribution in [3.05, 3.63) is 47.1 Å². The third-order valence-corrected chi connectivity index (χ3v) is 4.62. The second-order valence-electron chi connectivity index (χ2n) is 6.56. The van der Waals surface area contributed by atoms with Crippen molar-refractivity contribution in [2.75, 3.05) is 23.8 Å². The molecule has 1 fully saturated rings. The SMILES string of the molecule is Cc1cc(Nc2cc(NC3CCOCC3)nc(-c3ccc(Cl)cc3)n2)n[nH]1.[HH]. The molecule has 1 aliphatic rings. The van der Waals surface area contributed by atoms with E-state index in [9.17, 15) is 0 Å². The Morgan fingerprint density at radius 2 is 1.81 bits per heavy atom. The molecule has 4 rings (SSSR count). The minimum Gasteiger partial charge on any atom is -0.381 e. The van der Waals surface area contributed by atoms with E-state index in [4.69, 9.17) is 21.3 Å². The van der Waals surface area contributed by atoms with Gasteiger partial charge in [0, 0.05) is 49.1 Å². The van der Waals surface area contributed by atoms with Gasteiger partial charge in [0.2, 0.25) is 0 Å². The summed E-state index contributed by atoms with van der Waals surface area (Å²) >= 11 is 6.01. The highest BCUT2D eigenvalue weighted by molar-refractivity contribution is 6.30. The van der Waals surface area contributed by atoms with E-state index in [0.29, 0.717) is 28.5 Å². The smallest absolute Gasteiger partial charge is 0.163 e. The second kappa shape index (κ2) is 7.94. The number of anilines is 3. The Bertz CT molecular complexity index is 911. The van der Waals surface area contributed by atoms with Gasteiger partial charge in [-0.15, -0.1) is 0 Å². The van der Waals surface area contributed by atoms with E-state index in [0.717, 1.165) is 43.1 Å². The van der Waals surface area contributed by atoms with Crippen molar-refractivity contribution in [2.24, 2.45) is 0 Å². The molecule has 0 bridgehead atoms. The predicted octanol–water partition coefficient (Wildman–Crippen LogP) is 4.41. The molecule has 8 heteroatoms. The van der Waals surface area contributed by atoms with Gasteiger partial charge < -0.3 is 15.4 Å². The van der Waals surface area contributed by atoms with E-state index in [1.807, 2.05) is 43.3 Å². The van der Waals surface area contributed by atoms with E-state index in [1.165, 1.54) is 0 Å². The zero-order valence-electron chi connectivity index (χ0n) is 15.0. The first-order chi connectivity index (χ1) is 13.2. The minimum absolute atomic E-state index is 0. The Labute approximate surface area is 164 Å². The lowest BCUT2D eigenvalue weighted by Gasteiger charge is -2.24. The largest absolute Gasteiger partial charge is 0.381 e. The summed E-state index contributed by atoms with van der Waals surface area (Å²) in [6.45, 7) is 3.49. The number of ether oxygens (including phenoxy) is 1. The molecule has 3 aromatic rings. The van der Waals surface area contributed by atoms with Crippen molar-refractivity contribution in [1.29, 1.82) is 0 Å². The summed E-state index contributed by atoms with van der Waals surface area (Å²) in [5, 5.41) is 14.6. The number of H-pyrrole nitrogens is 1. The van der Waals surface area contributed by atoms with Crippen LogP contribution >= 0.6 is 11.6 Å². The molecule has 1 aromatic carbocycles. The molecule has 7 nitrogen and oxygen atoms in total. The van der Waals surface area contributed by atoms with Crippen LogP contribution in [0.5, 0.6) is 0 Å². The van der Waals surface area contributed by atoms with Gasteiger partial charge in [0.05, 0.1) is 0 Å². The van der Waals surface area contributed by atoms with Crippen LogP contribution in [0, 0.1) is 6.92 Å². The van der Waals surface area contributed by atoms with Gasteiger partial charge in [-0.3, -0.25) is 5.10 Å². The molecule has 1 aliphatic heterocycles. The van der Waals surface area contributed by atoms with Gasteiger partial charge in [0.1, 0.15) is 11.6 Å². The van der Waals surface area contributed by atoms with Crippen molar-refractivity contribution in [3.8, 4) is 11.4 Å². The van der Waals surface area contributed by atoms with Crippen molar-refractivity contribution < 1.29 is 6.16 Å². The van der Waals surface area contributed by atoms with Gasteiger partial charge in [-0.25, -0.2) is 9.97 Å². The normalized spacial score (nSPS) is 14.9. The van der Waals surface area contributed by atoms with Gasteiger partial charge >= 0.3 is 0 Å². The molecule has 142 valence electrons. The van der Waals surface area contributed by atoms with Gasteiger partial charge in [0.25, 0.3) is 0 Å². The van der Waals surface area contributed by atoms with Crippen LogP contribution in [0.25, 0.3) is 11.4 Å². The Balaban J connectivity index is 0.00000225. The summed E-state index contributed by atoms with van der Waals surface area (Å²) in [5.41, 5.74) is 1.88. The van der Waals surface area contributed by atoms with Gasteiger partial charge in [0.15, 0.2) is 11.6 Å². The van der Waals surface area contributed by atoms with Crippen molar-refractivity contribution in [3.63, 3.8) is 0 Å². The van der Waals surface area contributed by atoms with Crippen LogP contribution in [0.4, 0.5) is 17.5 Å². The van der Waals surface area contributed by atoms with Crippen LogP contribution in [0.2, 0.25) is 5.02 Å². The number of aromatic nitrogens is 4. The number of rotatable bonds is 5. The summed E-state index contributed by atoms with van der Waals surface area (Å²) in [5.74, 6) is 2.79. The fourth-order valence-corrected chi connectivity index (χ4v) is 3.10. The standard InChI is InChI=1S/C19H21ClN6O.H2/c1-12-10-18(26-25-12)22-17-11-16(21-15-6-8-27-9-7-15)23-19(24-17)13-2-4-14(20)5-3-13;/h2-5,10-11,15H,6-9H2,1H3,(H3,21,22,23,24,25,26);1H. The molecule has 1 saturated heterocycles. The Morgan fingerprint density at radius 3 is 2.52 bits per heavy atom. The Morgan fingerprint density at radius 1 is 1.07 bits per heavy atom. The van der Waals surface area contributed by atoms with Gasteiger partial charge in [-0.1, -0.05) is 11.6 Å². The molecule has 0 unspecified atom stereocenters. The average Bonchev–Trinajstić information content (AvgIpc) is 3.07. The summed E-state index contributed by atoms with van der Waals surface area (Å²) in [7, 11) is 0. The maximum absolute atomic E-state index is 6.01. The van der Waals surface area contributed by atoms with Crippen LogP contribution in [-0.2, 0) is 4.74 Å². The highest BCUT2D eigenvalue weighted by Crippen LogP contribution is 2.25. The first kappa shape index (κ1) is 17.8. The molecule has 0 saturated carbocycles. The molecule has 3 heterocycles. The van der Waals surface area contributed by atoms with Gasteiger partial charge in [-0.05, 0) is 44.0 Å². The Kier molecular flexibility index (Phi) is 5.22. The molecule has 0 amide bonds. The van der Waals surface area contributed by atoms with E-state index < -0.39 is 0 Å². The summed E-state index contributed by atoms with van der Waals surface area (Å²) in [4.78, 5) is 9.35. The van der Waals surface area contributed by atoms with Crippen molar-refractivity contribution in [1.82, 2.24) is 20.2 Å². The lowest BCUT2D eigenvalue weighted by molar-refractivity contribution is 0.0904. The van der Waals surface area contributed by atoms with Crippen molar-refractivity contribution >= 4 is 29.1 Å². The van der Waals surface area contributed by atoms with E-state index >= 15 is 0 Å². The van der Waals surface area contributed by atoms with Crippen LogP contribution in [0.1, 0.15) is 20.0 Å². The highest BCUT2D eigenvalue weighted by atomic mass is 35.5. The second-order valence-corrected chi connectivity index (χ2v) is 7.00. The predicted molar refractivity (Wildman–Crippen MR) is 109 cm³/mol. The van der Waals surface area contributed by atoms with Crippen LogP contribution in [0.15, 0.2) is 36.4 Å². The molecule has 0 aliphatic carbocycles. The maximum atomic E-state index is 6.01. The molecule has 27 heavy (non-hydrogen) atoms. The molecule has 2 aromatic heterocycles.